The van der Waals surface area contributed by atoms with Gasteiger partial charge in [0, 0.05) is 11.4 Å². The van der Waals surface area contributed by atoms with Crippen LogP contribution in [0.4, 0.5) is 4.79 Å². The number of hydrogen-bond donors (Lipinski definition) is 2. The van der Waals surface area contributed by atoms with Gasteiger partial charge >= 0.3 is 6.03 Å². The second kappa shape index (κ2) is 8.22. The summed E-state index contributed by atoms with van der Waals surface area (Å²) in [5.74, 6) is -0.509. The van der Waals surface area contributed by atoms with Gasteiger partial charge in [-0.2, -0.15) is 0 Å². The lowest BCUT2D eigenvalue weighted by atomic mass is 10.2. The molecule has 3 rings (SSSR count). The van der Waals surface area contributed by atoms with E-state index < -0.39 is 11.9 Å². The van der Waals surface area contributed by atoms with Crippen molar-refractivity contribution in [2.75, 3.05) is 5.75 Å². The summed E-state index contributed by atoms with van der Waals surface area (Å²) in [5, 5.41) is 3.32. The van der Waals surface area contributed by atoms with Gasteiger partial charge < -0.3 is 5.73 Å². The summed E-state index contributed by atoms with van der Waals surface area (Å²) in [6.07, 6.45) is 6.01. The fourth-order valence-electron chi connectivity index (χ4n) is 3.19. The van der Waals surface area contributed by atoms with Gasteiger partial charge in [-0.25, -0.2) is 9.78 Å². The first-order chi connectivity index (χ1) is 12.5. The van der Waals surface area contributed by atoms with E-state index in [1.807, 2.05) is 5.32 Å². The predicted molar refractivity (Wildman–Crippen MR) is 104 cm³/mol. The van der Waals surface area contributed by atoms with Gasteiger partial charge in [-0.3, -0.25) is 19.5 Å². The van der Waals surface area contributed by atoms with Crippen LogP contribution in [0.1, 0.15) is 43.0 Å². The fraction of sp³-hybridized carbons (Fsp3) is 0.529. The minimum Gasteiger partial charge on any atom is -0.351 e. The molecule has 0 spiro atoms. The molecule has 0 saturated carbocycles. The molecule has 3 N–H and O–H groups in total. The molecule has 3 amide bonds. The molecule has 0 fully saturated rings. The molecular formula is C17H22N4O3S2. The molecule has 1 aliphatic carbocycles. The third-order valence-electron chi connectivity index (χ3n) is 4.37. The number of rotatable bonds is 7. The number of nitrogens with zero attached hydrogens (tertiary/aromatic N) is 2. The maximum absolute atomic E-state index is 13.1. The summed E-state index contributed by atoms with van der Waals surface area (Å²) in [4.78, 5) is 42.3. The molecule has 9 heteroatoms. The minimum atomic E-state index is -0.881. The average molecular weight is 395 g/mol. The van der Waals surface area contributed by atoms with E-state index in [9.17, 15) is 14.4 Å². The number of nitrogens with one attached hydrogen (secondary N) is 1. The zero-order chi connectivity index (χ0) is 18.7. The zero-order valence-electron chi connectivity index (χ0n) is 14.7. The van der Waals surface area contributed by atoms with Crippen LogP contribution in [0.2, 0.25) is 0 Å². The van der Waals surface area contributed by atoms with E-state index in [2.05, 4.69) is 11.9 Å². The van der Waals surface area contributed by atoms with Gasteiger partial charge in [0.15, 0.2) is 5.16 Å². The number of thioether (sulfide) groups is 1. The maximum atomic E-state index is 13.1. The van der Waals surface area contributed by atoms with E-state index in [1.165, 1.54) is 4.88 Å². The van der Waals surface area contributed by atoms with Crippen molar-refractivity contribution in [3.63, 3.8) is 0 Å². The Balaban J connectivity index is 1.94. The number of thiophene rings is 1. The Kier molecular flexibility index (Phi) is 5.98. The van der Waals surface area contributed by atoms with Gasteiger partial charge in [0.05, 0.1) is 11.1 Å². The molecule has 2 aromatic rings. The zero-order valence-corrected chi connectivity index (χ0v) is 16.3. The first-order valence-electron chi connectivity index (χ1n) is 8.78. The SMILES string of the molecule is CCCCCn1c(SCC(=O)NC(N)=O)nc2sc3c(c2c1=O)CCC3. The number of unbranched alkanes of at least 4 members (excludes halogenated alkanes) is 2. The topological polar surface area (TPSA) is 107 Å². The third-order valence-corrected chi connectivity index (χ3v) is 6.53. The highest BCUT2D eigenvalue weighted by Crippen LogP contribution is 2.35. The normalized spacial score (nSPS) is 13.1. The monoisotopic (exact) mass is 394 g/mol. The Hall–Kier alpha value is -1.87. The molecule has 140 valence electrons. The van der Waals surface area contributed by atoms with Crippen LogP contribution in [-0.4, -0.2) is 27.2 Å². The number of hydrogen-bond acceptors (Lipinski definition) is 6. The standard InChI is InChI=1S/C17H22N4O3S2/c1-2-3-4-8-21-15(23)13-10-6-5-7-11(10)26-14(13)20-17(21)25-9-12(22)19-16(18)24/h2-9H2,1H3,(H3,18,19,22,24). The van der Waals surface area contributed by atoms with Crippen molar-refractivity contribution < 1.29 is 9.59 Å². The summed E-state index contributed by atoms with van der Waals surface area (Å²) in [6.45, 7) is 2.69. The van der Waals surface area contributed by atoms with Gasteiger partial charge in [0.1, 0.15) is 4.83 Å². The van der Waals surface area contributed by atoms with E-state index in [0.717, 1.165) is 66.1 Å². The molecule has 2 heterocycles. The van der Waals surface area contributed by atoms with E-state index in [1.54, 1.807) is 15.9 Å². The minimum absolute atomic E-state index is 0.0108. The molecule has 0 radical (unpaired) electrons. The second-order valence-corrected chi connectivity index (χ2v) is 8.32. The van der Waals surface area contributed by atoms with Crippen molar-refractivity contribution in [3.8, 4) is 0 Å². The highest BCUT2D eigenvalue weighted by Gasteiger charge is 2.23. The summed E-state index contributed by atoms with van der Waals surface area (Å²) in [5.41, 5.74) is 6.11. The molecule has 26 heavy (non-hydrogen) atoms. The lowest BCUT2D eigenvalue weighted by Crippen LogP contribution is -2.36. The van der Waals surface area contributed by atoms with Crippen LogP contribution in [0.5, 0.6) is 0 Å². The summed E-state index contributed by atoms with van der Waals surface area (Å²) >= 11 is 2.75. The van der Waals surface area contributed by atoms with Gasteiger partial charge in [-0.1, -0.05) is 31.5 Å². The van der Waals surface area contributed by atoms with Crippen LogP contribution in [0.25, 0.3) is 10.2 Å². The lowest BCUT2D eigenvalue weighted by Gasteiger charge is -2.12. The fourth-order valence-corrected chi connectivity index (χ4v) is 5.32. The number of carbonyl (C=O) groups excluding carboxylic acids is 2. The molecule has 1 aliphatic rings. The number of aromatic nitrogens is 2. The van der Waals surface area contributed by atoms with E-state index in [4.69, 9.17) is 5.73 Å². The Labute approximate surface area is 159 Å². The Morgan fingerprint density at radius 2 is 2.15 bits per heavy atom. The van der Waals surface area contributed by atoms with Gasteiger partial charge in [-0.15, -0.1) is 11.3 Å². The first kappa shape index (κ1) is 18.9. The molecule has 7 nitrogen and oxygen atoms in total. The molecular weight excluding hydrogens is 372 g/mol. The van der Waals surface area contributed by atoms with Crippen molar-refractivity contribution in [2.24, 2.45) is 5.73 Å². The molecule has 2 aromatic heterocycles. The smallest absolute Gasteiger partial charge is 0.318 e. The Bertz CT molecular complexity index is 904. The number of primary amides is 1. The van der Waals surface area contributed by atoms with Crippen LogP contribution in [0, 0.1) is 0 Å². The van der Waals surface area contributed by atoms with Crippen molar-refractivity contribution >= 4 is 45.3 Å². The molecule has 0 bridgehead atoms. The van der Waals surface area contributed by atoms with Gasteiger partial charge in [-0.05, 0) is 31.2 Å². The summed E-state index contributed by atoms with van der Waals surface area (Å²) in [6, 6.07) is -0.881. The van der Waals surface area contributed by atoms with Gasteiger partial charge in [0.25, 0.3) is 5.56 Å². The van der Waals surface area contributed by atoms with Crippen LogP contribution >= 0.6 is 23.1 Å². The van der Waals surface area contributed by atoms with Crippen molar-refractivity contribution in [3.05, 3.63) is 20.8 Å². The number of carbonyl (C=O) groups is 2. The van der Waals surface area contributed by atoms with Crippen molar-refractivity contribution in [2.45, 2.75) is 57.1 Å². The lowest BCUT2D eigenvalue weighted by molar-refractivity contribution is -0.117. The van der Waals surface area contributed by atoms with Crippen LogP contribution in [-0.2, 0) is 24.2 Å². The summed E-state index contributed by atoms with van der Waals surface area (Å²) in [7, 11) is 0. The number of nitrogens with two attached hydrogens (primary N) is 1. The Morgan fingerprint density at radius 1 is 1.35 bits per heavy atom. The first-order valence-corrected chi connectivity index (χ1v) is 10.6. The number of amides is 3. The van der Waals surface area contributed by atoms with Crippen LogP contribution in [0.3, 0.4) is 0 Å². The molecule has 0 unspecified atom stereocenters. The number of fused-ring (bicyclic) bond motifs is 3. The van der Waals surface area contributed by atoms with E-state index >= 15 is 0 Å². The third kappa shape index (κ3) is 3.93. The van der Waals surface area contributed by atoms with Crippen LogP contribution < -0.4 is 16.6 Å². The quantitative estimate of drug-likeness (QED) is 0.426. The molecule has 0 saturated heterocycles. The second-order valence-electron chi connectivity index (χ2n) is 6.30. The van der Waals surface area contributed by atoms with Crippen LogP contribution in [0.15, 0.2) is 9.95 Å². The maximum Gasteiger partial charge on any atom is 0.318 e. The van der Waals surface area contributed by atoms with Crippen molar-refractivity contribution in [1.82, 2.24) is 14.9 Å². The molecule has 0 aromatic carbocycles. The summed E-state index contributed by atoms with van der Waals surface area (Å²) < 4.78 is 1.69. The van der Waals surface area contributed by atoms with Gasteiger partial charge in [0.2, 0.25) is 5.91 Å². The van der Waals surface area contributed by atoms with E-state index in [0.29, 0.717) is 11.7 Å². The largest absolute Gasteiger partial charge is 0.351 e. The van der Waals surface area contributed by atoms with Crippen molar-refractivity contribution in [1.29, 1.82) is 0 Å². The molecule has 0 atom stereocenters. The number of imide groups is 1. The van der Waals surface area contributed by atoms with E-state index in [-0.39, 0.29) is 11.3 Å². The number of aryl methyl sites for hydroxylation is 2. The molecule has 0 aliphatic heterocycles. The highest BCUT2D eigenvalue weighted by molar-refractivity contribution is 7.99. The highest BCUT2D eigenvalue weighted by atomic mass is 32.2. The Morgan fingerprint density at radius 3 is 2.88 bits per heavy atom. The predicted octanol–water partition coefficient (Wildman–Crippen LogP) is 2.42. The average Bonchev–Trinajstić information content (AvgIpc) is 3.15. The number of urea groups is 1.